The van der Waals surface area contributed by atoms with Crippen LogP contribution in [0, 0.1) is 11.8 Å². The van der Waals surface area contributed by atoms with E-state index in [4.69, 9.17) is 4.74 Å². The normalized spacial score (nSPS) is 19.4. The maximum Gasteiger partial charge on any atom is 0.322 e. The minimum Gasteiger partial charge on any atom is -0.511 e. The second kappa shape index (κ2) is 11.3. The van der Waals surface area contributed by atoms with Gasteiger partial charge in [0.1, 0.15) is 17.9 Å². The molecule has 9 nitrogen and oxygen atoms in total. The van der Waals surface area contributed by atoms with E-state index in [0.717, 1.165) is 16.7 Å². The van der Waals surface area contributed by atoms with Crippen molar-refractivity contribution in [3.05, 3.63) is 83.3 Å². The summed E-state index contributed by atoms with van der Waals surface area (Å²) in [6.07, 6.45) is 4.00. The second-order valence-electron chi connectivity index (χ2n) is 10.3. The van der Waals surface area contributed by atoms with E-state index in [-0.39, 0.29) is 28.2 Å². The third-order valence-electron chi connectivity index (χ3n) is 7.36. The van der Waals surface area contributed by atoms with Crippen molar-refractivity contribution >= 4 is 27.6 Å². The van der Waals surface area contributed by atoms with Crippen molar-refractivity contribution in [3.8, 4) is 11.1 Å². The van der Waals surface area contributed by atoms with E-state index in [1.807, 2.05) is 38.1 Å². The largest absolute Gasteiger partial charge is 0.511 e. The molecule has 0 spiro atoms. The highest BCUT2D eigenvalue weighted by Crippen LogP contribution is 2.41. The first-order valence-corrected chi connectivity index (χ1v) is 14.5. The first kappa shape index (κ1) is 29.1. The minimum absolute atomic E-state index is 0.0346. The number of allylic oxidation sites excluding steroid dienone is 2. The lowest BCUT2D eigenvalue weighted by Crippen LogP contribution is -2.44. The van der Waals surface area contributed by atoms with Gasteiger partial charge in [-0.2, -0.15) is 4.72 Å². The highest BCUT2D eigenvalue weighted by Gasteiger charge is 2.41. The van der Waals surface area contributed by atoms with E-state index < -0.39 is 34.1 Å². The molecule has 0 fully saturated rings. The fraction of sp³-hybridized carbons (Fsp3) is 0.333. The fourth-order valence-corrected chi connectivity index (χ4v) is 6.23. The van der Waals surface area contributed by atoms with Gasteiger partial charge in [0.2, 0.25) is 10.0 Å². The quantitative estimate of drug-likeness (QED) is 0.398. The molecule has 10 heteroatoms. The van der Waals surface area contributed by atoms with Gasteiger partial charge in [-0.05, 0) is 71.9 Å². The van der Waals surface area contributed by atoms with E-state index in [0.29, 0.717) is 17.7 Å². The van der Waals surface area contributed by atoms with Crippen LogP contribution in [0.15, 0.2) is 88.2 Å². The molecule has 2 unspecified atom stereocenters. The summed E-state index contributed by atoms with van der Waals surface area (Å²) in [5.74, 6) is -1.87. The molecule has 3 N–H and O–H groups in total. The highest BCUT2D eigenvalue weighted by molar-refractivity contribution is 7.89. The van der Waals surface area contributed by atoms with Gasteiger partial charge < -0.3 is 19.8 Å². The molecule has 1 aliphatic carbocycles. The summed E-state index contributed by atoms with van der Waals surface area (Å²) in [5, 5.41) is 20.0. The number of rotatable bonds is 9. The molecule has 1 heterocycles. The maximum atomic E-state index is 13.3. The lowest BCUT2D eigenvalue weighted by molar-refractivity contribution is -0.140. The zero-order valence-corrected chi connectivity index (χ0v) is 23.9. The summed E-state index contributed by atoms with van der Waals surface area (Å²) in [6, 6.07) is 12.1. The topological polar surface area (TPSA) is 133 Å². The minimum atomic E-state index is -4.02. The van der Waals surface area contributed by atoms with Crippen LogP contribution in [0.1, 0.15) is 34.1 Å². The Hall–Kier alpha value is -3.89. The Kier molecular flexibility index (Phi) is 8.23. The number of nitrogens with zero attached hydrogens (tertiary/aromatic N) is 1. The summed E-state index contributed by atoms with van der Waals surface area (Å²) in [4.78, 5) is 26.2. The van der Waals surface area contributed by atoms with Gasteiger partial charge in [-0.1, -0.05) is 51.1 Å². The summed E-state index contributed by atoms with van der Waals surface area (Å²) in [5.41, 5.74) is 3.72. The van der Waals surface area contributed by atoms with Gasteiger partial charge >= 0.3 is 5.97 Å². The van der Waals surface area contributed by atoms with Gasteiger partial charge in [-0.15, -0.1) is 0 Å². The monoisotopic (exact) mass is 566 g/mol. The first-order chi connectivity index (χ1) is 18.9. The van der Waals surface area contributed by atoms with Gasteiger partial charge in [-0.3, -0.25) is 9.59 Å². The number of hydrogen-bond acceptors (Lipinski definition) is 6. The number of aliphatic hydroxyl groups is 1. The number of carboxylic acids is 1. The molecule has 0 saturated carbocycles. The van der Waals surface area contributed by atoms with Crippen LogP contribution in [-0.4, -0.2) is 49.7 Å². The van der Waals surface area contributed by atoms with Crippen molar-refractivity contribution in [1.82, 2.24) is 4.72 Å². The fourth-order valence-electron chi connectivity index (χ4n) is 4.89. The first-order valence-electron chi connectivity index (χ1n) is 13.1. The van der Waals surface area contributed by atoms with Gasteiger partial charge in [0.05, 0.1) is 10.8 Å². The molecule has 2 aromatic rings. The average molecular weight is 567 g/mol. The number of carbonyl (C=O) groups is 2. The molecule has 1 amide bonds. The Labute approximate surface area is 234 Å². The number of fused-ring (bicyclic) bond motifs is 1. The highest BCUT2D eigenvalue weighted by atomic mass is 32.2. The predicted molar refractivity (Wildman–Crippen MR) is 152 cm³/mol. The second-order valence-corrected chi connectivity index (χ2v) is 12.0. The van der Waals surface area contributed by atoms with Gasteiger partial charge in [0, 0.05) is 12.7 Å². The van der Waals surface area contributed by atoms with Crippen molar-refractivity contribution in [2.24, 2.45) is 11.8 Å². The molecule has 0 aromatic heterocycles. The third kappa shape index (κ3) is 5.55. The van der Waals surface area contributed by atoms with Crippen molar-refractivity contribution in [2.45, 2.75) is 51.2 Å². The molecule has 2 aromatic carbocycles. The number of aliphatic carboxylic acids is 1. The number of carboxylic acid groups (broad SMARTS) is 1. The van der Waals surface area contributed by atoms with E-state index in [1.165, 1.54) is 17.0 Å². The van der Waals surface area contributed by atoms with Crippen LogP contribution < -0.4 is 9.62 Å². The molecule has 4 rings (SSSR count). The van der Waals surface area contributed by atoms with Gasteiger partial charge in [-0.25, -0.2) is 8.42 Å². The molecule has 0 bridgehead atoms. The molecule has 0 radical (unpaired) electrons. The molecule has 2 aliphatic rings. The van der Waals surface area contributed by atoms with E-state index >= 15 is 0 Å². The van der Waals surface area contributed by atoms with Crippen LogP contribution in [-0.2, 0) is 24.3 Å². The Morgan fingerprint density at radius 1 is 1.05 bits per heavy atom. The molecule has 40 heavy (non-hydrogen) atoms. The Balaban J connectivity index is 1.49. The number of benzene rings is 2. The number of likely N-dealkylation sites (N-methyl/N-ethyl adjacent to an activating group) is 1. The Morgan fingerprint density at radius 3 is 2.15 bits per heavy atom. The van der Waals surface area contributed by atoms with Gasteiger partial charge in [0.25, 0.3) is 5.91 Å². The van der Waals surface area contributed by atoms with Crippen LogP contribution in [0.5, 0.6) is 0 Å². The molecular formula is C30H34N2O7S. The van der Waals surface area contributed by atoms with Crippen molar-refractivity contribution in [2.75, 3.05) is 11.9 Å². The molecule has 1 aliphatic heterocycles. The number of sulfonamides is 1. The van der Waals surface area contributed by atoms with Crippen molar-refractivity contribution < 1.29 is 33.0 Å². The predicted octanol–water partition coefficient (Wildman–Crippen LogP) is 4.78. The lowest BCUT2D eigenvalue weighted by atomic mass is 9.86. The van der Waals surface area contributed by atoms with Crippen LogP contribution >= 0.6 is 0 Å². The number of amides is 1. The number of hydrogen-bond donors (Lipinski definition) is 3. The van der Waals surface area contributed by atoms with Crippen LogP contribution in [0.25, 0.3) is 11.1 Å². The molecule has 0 saturated heterocycles. The van der Waals surface area contributed by atoms with Gasteiger partial charge in [0.15, 0.2) is 5.76 Å². The molecule has 212 valence electrons. The summed E-state index contributed by atoms with van der Waals surface area (Å²) in [7, 11) is -2.37. The van der Waals surface area contributed by atoms with Crippen LogP contribution in [0.3, 0.4) is 0 Å². The summed E-state index contributed by atoms with van der Waals surface area (Å²) in [6.45, 7) is 7.03. The third-order valence-corrected chi connectivity index (χ3v) is 8.82. The maximum absolute atomic E-state index is 13.3. The number of aliphatic hydroxyl groups excluding tert-OH is 1. The van der Waals surface area contributed by atoms with Crippen molar-refractivity contribution in [3.63, 3.8) is 0 Å². The zero-order valence-electron chi connectivity index (χ0n) is 23.1. The van der Waals surface area contributed by atoms with E-state index in [1.54, 1.807) is 45.2 Å². The van der Waals surface area contributed by atoms with Crippen LogP contribution in [0.2, 0.25) is 0 Å². The number of ether oxygens (including phenoxy) is 1. The SMILES string of the molecule is CCC1=C(O)C2C(C)=C(C(=O)N(C)c3ccc(-c4ccc(S(=O)(=O)N[C@H](C(=O)O)C(C)C)cc4)cc3)OC2C=C1. The number of carbonyl (C=O) groups excluding carboxylic acids is 1. The number of anilines is 1. The molecular weight excluding hydrogens is 532 g/mol. The van der Waals surface area contributed by atoms with E-state index in [2.05, 4.69) is 4.72 Å². The van der Waals surface area contributed by atoms with E-state index in [9.17, 15) is 28.2 Å². The summed E-state index contributed by atoms with van der Waals surface area (Å²) < 4.78 is 33.6. The van der Waals surface area contributed by atoms with Crippen molar-refractivity contribution in [1.29, 1.82) is 0 Å². The number of nitrogens with one attached hydrogen (secondary N) is 1. The summed E-state index contributed by atoms with van der Waals surface area (Å²) >= 11 is 0. The Morgan fingerprint density at radius 2 is 1.62 bits per heavy atom. The zero-order chi connectivity index (χ0) is 29.4. The lowest BCUT2D eigenvalue weighted by Gasteiger charge is -2.22. The van der Waals surface area contributed by atoms with Crippen LogP contribution in [0.4, 0.5) is 5.69 Å². The smallest absolute Gasteiger partial charge is 0.322 e. The Bertz CT molecular complexity index is 1500. The molecule has 3 atom stereocenters. The standard InChI is InChI=1S/C30H34N2O7S/c1-6-19-11-16-24-25(27(19)33)18(4)28(39-24)29(34)32(5)22-12-7-20(8-13-22)21-9-14-23(15-10-21)40(37,38)31-26(17(2)3)30(35)36/h7-17,24-26,31,33H,6H2,1-5H3,(H,35,36)/t24?,25?,26-/m0/s1. The average Bonchev–Trinajstić information content (AvgIpc) is 3.28.